The molecule has 0 radical (unpaired) electrons. The van der Waals surface area contributed by atoms with Crippen LogP contribution in [0.15, 0.2) is 22.8 Å². The fourth-order valence-corrected chi connectivity index (χ4v) is 1.85. The predicted molar refractivity (Wildman–Crippen MR) is 64.4 cm³/mol. The Morgan fingerprint density at radius 1 is 1.53 bits per heavy atom. The summed E-state index contributed by atoms with van der Waals surface area (Å²) in [6.07, 6.45) is 0.688. The SMILES string of the molecule is O=C(CN1CCOC(C(=O)O)C1)NCc1ccco1. The second kappa shape index (κ2) is 6.35. The van der Waals surface area contributed by atoms with Crippen molar-refractivity contribution in [2.75, 3.05) is 26.2 Å². The van der Waals surface area contributed by atoms with E-state index in [-0.39, 0.29) is 19.0 Å². The van der Waals surface area contributed by atoms with E-state index in [1.807, 2.05) is 0 Å². The zero-order valence-corrected chi connectivity index (χ0v) is 10.4. The first kappa shape index (κ1) is 13.6. The number of ether oxygens (including phenoxy) is 1. The zero-order valence-electron chi connectivity index (χ0n) is 10.4. The molecule has 0 aromatic carbocycles. The molecule has 7 nitrogen and oxygen atoms in total. The summed E-state index contributed by atoms with van der Waals surface area (Å²) in [5.74, 6) is -0.484. The highest BCUT2D eigenvalue weighted by molar-refractivity contribution is 5.78. The van der Waals surface area contributed by atoms with E-state index in [1.54, 1.807) is 23.3 Å². The van der Waals surface area contributed by atoms with Gasteiger partial charge in [-0.05, 0) is 12.1 Å². The first-order valence-electron chi connectivity index (χ1n) is 6.01. The van der Waals surface area contributed by atoms with Crippen LogP contribution in [0, 0.1) is 0 Å². The maximum absolute atomic E-state index is 11.7. The van der Waals surface area contributed by atoms with Crippen molar-refractivity contribution in [3.63, 3.8) is 0 Å². The van der Waals surface area contributed by atoms with Gasteiger partial charge in [0.1, 0.15) is 5.76 Å². The highest BCUT2D eigenvalue weighted by Crippen LogP contribution is 2.05. The van der Waals surface area contributed by atoms with E-state index in [1.165, 1.54) is 0 Å². The van der Waals surface area contributed by atoms with E-state index in [9.17, 15) is 9.59 Å². The summed E-state index contributed by atoms with van der Waals surface area (Å²) in [6.45, 7) is 1.59. The van der Waals surface area contributed by atoms with Gasteiger partial charge in [-0.2, -0.15) is 0 Å². The first-order valence-corrected chi connectivity index (χ1v) is 6.01. The zero-order chi connectivity index (χ0) is 13.7. The molecule has 1 aliphatic rings. The molecule has 1 fully saturated rings. The fraction of sp³-hybridized carbons (Fsp3) is 0.500. The minimum absolute atomic E-state index is 0.161. The van der Waals surface area contributed by atoms with Gasteiger partial charge in [0.25, 0.3) is 0 Å². The largest absolute Gasteiger partial charge is 0.479 e. The standard InChI is InChI=1S/C12H16N2O5/c15-11(13-6-9-2-1-4-18-9)8-14-3-5-19-10(7-14)12(16)17/h1-2,4,10H,3,5-8H2,(H,13,15)(H,16,17). The maximum atomic E-state index is 11.7. The van der Waals surface area contributed by atoms with Crippen LogP contribution in [0.1, 0.15) is 5.76 Å². The van der Waals surface area contributed by atoms with Crippen molar-refractivity contribution in [2.45, 2.75) is 12.6 Å². The van der Waals surface area contributed by atoms with E-state index >= 15 is 0 Å². The molecular weight excluding hydrogens is 252 g/mol. The highest BCUT2D eigenvalue weighted by atomic mass is 16.5. The van der Waals surface area contributed by atoms with Gasteiger partial charge in [-0.3, -0.25) is 9.69 Å². The summed E-state index contributed by atoms with van der Waals surface area (Å²) >= 11 is 0. The third kappa shape index (κ3) is 4.08. The van der Waals surface area contributed by atoms with Gasteiger partial charge in [0.15, 0.2) is 6.10 Å². The van der Waals surface area contributed by atoms with Crippen LogP contribution in [0.2, 0.25) is 0 Å². The Morgan fingerprint density at radius 3 is 3.05 bits per heavy atom. The molecule has 0 spiro atoms. The smallest absolute Gasteiger partial charge is 0.334 e. The Balaban J connectivity index is 1.74. The van der Waals surface area contributed by atoms with Crippen LogP contribution in [0.25, 0.3) is 0 Å². The lowest BCUT2D eigenvalue weighted by atomic mass is 10.2. The first-order chi connectivity index (χ1) is 9.15. The van der Waals surface area contributed by atoms with E-state index < -0.39 is 12.1 Å². The fourth-order valence-electron chi connectivity index (χ4n) is 1.85. The number of aliphatic carboxylic acids is 1. The van der Waals surface area contributed by atoms with E-state index in [0.717, 1.165) is 0 Å². The molecule has 0 aliphatic carbocycles. The number of hydrogen-bond donors (Lipinski definition) is 2. The van der Waals surface area contributed by atoms with Crippen LogP contribution in [0.5, 0.6) is 0 Å². The molecule has 2 rings (SSSR count). The Hall–Kier alpha value is -1.86. The lowest BCUT2D eigenvalue weighted by molar-refractivity contribution is -0.156. The number of hydrogen-bond acceptors (Lipinski definition) is 5. The quantitative estimate of drug-likeness (QED) is 0.760. The van der Waals surface area contributed by atoms with Crippen molar-refractivity contribution in [3.05, 3.63) is 24.2 Å². The second-order valence-electron chi connectivity index (χ2n) is 4.29. The van der Waals surface area contributed by atoms with Gasteiger partial charge in [-0.15, -0.1) is 0 Å². The molecule has 104 valence electrons. The van der Waals surface area contributed by atoms with Gasteiger partial charge in [0.2, 0.25) is 5.91 Å². The molecule has 1 aromatic heterocycles. The molecule has 0 saturated carbocycles. The van der Waals surface area contributed by atoms with Gasteiger partial charge >= 0.3 is 5.97 Å². The van der Waals surface area contributed by atoms with Gasteiger partial charge in [-0.1, -0.05) is 0 Å². The number of carbonyl (C=O) groups is 2. The number of morpholine rings is 1. The van der Waals surface area contributed by atoms with Gasteiger partial charge < -0.3 is 19.6 Å². The summed E-state index contributed by atoms with van der Waals surface area (Å²) in [7, 11) is 0. The predicted octanol–water partition coefficient (Wildman–Crippen LogP) is -0.319. The van der Waals surface area contributed by atoms with E-state index in [2.05, 4.69) is 5.32 Å². The van der Waals surface area contributed by atoms with E-state index in [0.29, 0.717) is 25.5 Å². The molecule has 19 heavy (non-hydrogen) atoms. The summed E-state index contributed by atoms with van der Waals surface area (Å²) in [6, 6.07) is 3.52. The highest BCUT2D eigenvalue weighted by Gasteiger charge is 2.27. The number of rotatable bonds is 5. The molecule has 0 bridgehead atoms. The number of carboxylic acids is 1. The minimum Gasteiger partial charge on any atom is -0.479 e. The third-order valence-corrected chi connectivity index (χ3v) is 2.83. The van der Waals surface area contributed by atoms with Crippen LogP contribution in [-0.4, -0.2) is 54.2 Å². The monoisotopic (exact) mass is 268 g/mol. The number of nitrogens with one attached hydrogen (secondary N) is 1. The lowest BCUT2D eigenvalue weighted by Gasteiger charge is -2.30. The van der Waals surface area contributed by atoms with Gasteiger partial charge in [0, 0.05) is 13.1 Å². The number of carbonyl (C=O) groups excluding carboxylic acids is 1. The van der Waals surface area contributed by atoms with Crippen LogP contribution >= 0.6 is 0 Å². The van der Waals surface area contributed by atoms with Crippen molar-refractivity contribution in [2.24, 2.45) is 0 Å². The Kier molecular flexibility index (Phi) is 4.53. The summed E-state index contributed by atoms with van der Waals surface area (Å²) in [5.41, 5.74) is 0. The summed E-state index contributed by atoms with van der Waals surface area (Å²) in [4.78, 5) is 24.3. The number of amides is 1. The lowest BCUT2D eigenvalue weighted by Crippen LogP contribution is -2.49. The van der Waals surface area contributed by atoms with Crippen LogP contribution < -0.4 is 5.32 Å². The average Bonchev–Trinajstić information content (AvgIpc) is 2.90. The molecular formula is C12H16N2O5. The molecule has 1 atom stereocenters. The maximum Gasteiger partial charge on any atom is 0.334 e. The van der Waals surface area contributed by atoms with Gasteiger partial charge in [0.05, 0.1) is 26.0 Å². The van der Waals surface area contributed by atoms with Crippen molar-refractivity contribution >= 4 is 11.9 Å². The molecule has 2 heterocycles. The Bertz CT molecular complexity index is 431. The normalized spacial score (nSPS) is 20.1. The van der Waals surface area contributed by atoms with Crippen LogP contribution in [0.3, 0.4) is 0 Å². The van der Waals surface area contributed by atoms with Crippen LogP contribution in [0.4, 0.5) is 0 Å². The van der Waals surface area contributed by atoms with E-state index in [4.69, 9.17) is 14.3 Å². The van der Waals surface area contributed by atoms with Crippen molar-refractivity contribution in [3.8, 4) is 0 Å². The molecule has 1 amide bonds. The molecule has 1 unspecified atom stereocenters. The third-order valence-electron chi connectivity index (χ3n) is 2.83. The molecule has 7 heteroatoms. The molecule has 2 N–H and O–H groups in total. The van der Waals surface area contributed by atoms with Crippen molar-refractivity contribution in [1.29, 1.82) is 0 Å². The Labute approximate surface area is 110 Å². The Morgan fingerprint density at radius 2 is 2.37 bits per heavy atom. The summed E-state index contributed by atoms with van der Waals surface area (Å²) in [5, 5.41) is 11.6. The molecule has 1 aromatic rings. The van der Waals surface area contributed by atoms with Gasteiger partial charge in [-0.25, -0.2) is 4.79 Å². The number of carboxylic acid groups (broad SMARTS) is 1. The topological polar surface area (TPSA) is 92.0 Å². The van der Waals surface area contributed by atoms with Crippen molar-refractivity contribution < 1.29 is 23.8 Å². The number of nitrogens with zero attached hydrogens (tertiary/aromatic N) is 1. The molecule has 1 aliphatic heterocycles. The number of furan rings is 1. The summed E-state index contributed by atoms with van der Waals surface area (Å²) < 4.78 is 10.2. The minimum atomic E-state index is -0.999. The molecule has 1 saturated heterocycles. The second-order valence-corrected chi connectivity index (χ2v) is 4.29. The van der Waals surface area contributed by atoms with Crippen LogP contribution in [-0.2, 0) is 20.9 Å². The average molecular weight is 268 g/mol. The van der Waals surface area contributed by atoms with Crippen molar-refractivity contribution in [1.82, 2.24) is 10.2 Å².